The van der Waals surface area contributed by atoms with Gasteiger partial charge in [0.2, 0.25) is 11.8 Å². The molecule has 0 saturated carbocycles. The number of hydrogen-bond donors (Lipinski definition) is 4. The van der Waals surface area contributed by atoms with Crippen LogP contribution < -0.4 is 10.4 Å². The van der Waals surface area contributed by atoms with Crippen molar-refractivity contribution in [2.45, 2.75) is 32.3 Å². The van der Waals surface area contributed by atoms with Crippen LogP contribution in [0.4, 0.5) is 5.69 Å². The summed E-state index contributed by atoms with van der Waals surface area (Å²) >= 11 is 0. The highest BCUT2D eigenvalue weighted by atomic mass is 16.5. The Kier molecular flexibility index (Phi) is 7.29. The highest BCUT2D eigenvalue weighted by molar-refractivity contribution is 6.58. The van der Waals surface area contributed by atoms with Crippen LogP contribution in [0.3, 0.4) is 0 Å². The molecule has 2 heterocycles. The monoisotopic (exact) mass is 553 g/mol. The molecule has 2 saturated heterocycles. The summed E-state index contributed by atoms with van der Waals surface area (Å²) in [5.74, 6) is -1.87. The van der Waals surface area contributed by atoms with Crippen molar-refractivity contribution in [2.24, 2.45) is 17.8 Å². The third-order valence-corrected chi connectivity index (χ3v) is 8.76. The van der Waals surface area contributed by atoms with Crippen molar-refractivity contribution in [1.29, 1.82) is 0 Å². The number of aliphatic hydroxyl groups is 1. The maximum Gasteiger partial charge on any atom is 0.488 e. The summed E-state index contributed by atoms with van der Waals surface area (Å²) in [6, 6.07) is 17.5. The van der Waals surface area contributed by atoms with Gasteiger partial charge in [0.25, 0.3) is 0 Å². The van der Waals surface area contributed by atoms with Gasteiger partial charge in [-0.05, 0) is 71.9 Å². The number of imide groups is 1. The zero-order valence-electron chi connectivity index (χ0n) is 22.7. The van der Waals surface area contributed by atoms with Gasteiger partial charge in [-0.15, -0.1) is 0 Å². The van der Waals surface area contributed by atoms with Crippen LogP contribution in [0.1, 0.15) is 31.7 Å². The number of nitrogens with zero attached hydrogens (tertiary/aromatic N) is 1. The number of carbonyl (C=O) groups excluding carboxylic acids is 2. The molecule has 0 spiro atoms. The van der Waals surface area contributed by atoms with E-state index in [0.717, 1.165) is 44.4 Å². The molecule has 1 aliphatic carbocycles. The lowest BCUT2D eigenvalue weighted by atomic mass is 9.69. The molecule has 3 aromatic carbocycles. The summed E-state index contributed by atoms with van der Waals surface area (Å²) in [6.45, 7) is 2.16. The van der Waals surface area contributed by atoms with Crippen molar-refractivity contribution in [1.82, 2.24) is 0 Å². The maximum atomic E-state index is 13.7. The van der Waals surface area contributed by atoms with E-state index >= 15 is 0 Å². The largest absolute Gasteiger partial charge is 0.507 e. The Morgan fingerprint density at radius 3 is 2.56 bits per heavy atom. The zero-order valence-corrected chi connectivity index (χ0v) is 22.7. The summed E-state index contributed by atoms with van der Waals surface area (Å²) in [6.07, 6.45) is 3.56. The lowest BCUT2D eigenvalue weighted by molar-refractivity contribution is -0.122. The van der Waals surface area contributed by atoms with Gasteiger partial charge in [0.1, 0.15) is 5.75 Å². The lowest BCUT2D eigenvalue weighted by Gasteiger charge is -2.31. The quantitative estimate of drug-likeness (QED) is 0.201. The average molecular weight is 553 g/mol. The second-order valence-electron chi connectivity index (χ2n) is 11.2. The molecule has 8 nitrogen and oxygen atoms in total. The molecule has 0 bridgehead atoms. The molecule has 4 atom stereocenters. The molecular formula is C32H32BNO7. The average Bonchev–Trinajstić information content (AvgIpc) is 3.51. The smallest absolute Gasteiger partial charge is 0.488 e. The number of benzene rings is 3. The Morgan fingerprint density at radius 1 is 1.02 bits per heavy atom. The number of anilines is 1. The van der Waals surface area contributed by atoms with Gasteiger partial charge in [-0.3, -0.25) is 14.5 Å². The Bertz CT molecular complexity index is 1600. The summed E-state index contributed by atoms with van der Waals surface area (Å²) in [5, 5.41) is 41.4. The topological polar surface area (TPSA) is 128 Å². The van der Waals surface area contributed by atoms with Crippen molar-refractivity contribution in [3.05, 3.63) is 82.9 Å². The van der Waals surface area contributed by atoms with Crippen LogP contribution in [0.2, 0.25) is 0 Å². The lowest BCUT2D eigenvalue weighted by Crippen LogP contribution is -2.35. The molecule has 9 heteroatoms. The van der Waals surface area contributed by atoms with Crippen LogP contribution >= 0.6 is 0 Å². The van der Waals surface area contributed by atoms with Crippen molar-refractivity contribution in [3.63, 3.8) is 0 Å². The number of fused-ring (bicyclic) bond motifs is 4. The molecule has 3 aromatic rings. The van der Waals surface area contributed by atoms with Gasteiger partial charge in [0, 0.05) is 11.3 Å². The molecule has 0 radical (unpaired) electrons. The summed E-state index contributed by atoms with van der Waals surface area (Å²) in [5.41, 5.74) is 4.37. The fraction of sp³-hybridized carbons (Fsp3) is 0.312. The Labute approximate surface area is 238 Å². The van der Waals surface area contributed by atoms with Gasteiger partial charge >= 0.3 is 7.12 Å². The highest BCUT2D eigenvalue weighted by Gasteiger charge is 2.57. The van der Waals surface area contributed by atoms with Crippen molar-refractivity contribution >= 4 is 46.9 Å². The van der Waals surface area contributed by atoms with E-state index in [9.17, 15) is 29.9 Å². The van der Waals surface area contributed by atoms with Crippen LogP contribution in [0.5, 0.6) is 5.75 Å². The second-order valence-corrected chi connectivity index (χ2v) is 11.2. The minimum atomic E-state index is -1.71. The number of allylic oxidation sites excluding steroid dienone is 1. The first-order valence-electron chi connectivity index (χ1n) is 13.9. The Morgan fingerprint density at radius 2 is 1.80 bits per heavy atom. The molecule has 0 unspecified atom stereocenters. The van der Waals surface area contributed by atoms with Gasteiger partial charge in [0.15, 0.2) is 0 Å². The number of aliphatic hydroxyl groups excluding tert-OH is 1. The standard InChI is InChI=1S/C32H32BNO7/c1-18(13-19-10-11-27(36)24-8-3-2-7-23(19)24)9-12-28-29-20(16-35)14-25-30(26(29)17-41-28)32(38)34(31(25)37)22-6-4-5-21(15-22)33(39)40/h2-8,10-11,13,15,25-26,28,30,35-36,39-40H,9,12,14,16-17H2,1H3/b18-13+/t25-,26+,28-,30-/m1/s1. The predicted octanol–water partition coefficient (Wildman–Crippen LogP) is 2.92. The van der Waals surface area contributed by atoms with E-state index in [2.05, 4.69) is 13.0 Å². The molecule has 2 fully saturated rings. The van der Waals surface area contributed by atoms with E-state index in [0.29, 0.717) is 25.1 Å². The third-order valence-electron chi connectivity index (χ3n) is 8.76. The minimum Gasteiger partial charge on any atom is -0.507 e. The molecule has 3 aliphatic rings. The number of amides is 2. The van der Waals surface area contributed by atoms with Gasteiger partial charge in [-0.25, -0.2) is 0 Å². The van der Waals surface area contributed by atoms with Gasteiger partial charge in [-0.2, -0.15) is 0 Å². The van der Waals surface area contributed by atoms with Crippen LogP contribution in [0.15, 0.2) is 77.4 Å². The molecule has 41 heavy (non-hydrogen) atoms. The predicted molar refractivity (Wildman–Crippen MR) is 156 cm³/mol. The summed E-state index contributed by atoms with van der Waals surface area (Å²) in [7, 11) is -1.71. The highest BCUT2D eigenvalue weighted by Crippen LogP contribution is 2.50. The van der Waals surface area contributed by atoms with E-state index in [4.69, 9.17) is 4.74 Å². The van der Waals surface area contributed by atoms with Gasteiger partial charge in [-0.1, -0.05) is 54.1 Å². The fourth-order valence-electron chi connectivity index (χ4n) is 6.83. The molecular weight excluding hydrogens is 521 g/mol. The number of ether oxygens (including phenoxy) is 1. The minimum absolute atomic E-state index is 0.195. The summed E-state index contributed by atoms with van der Waals surface area (Å²) < 4.78 is 6.22. The van der Waals surface area contributed by atoms with Crippen LogP contribution in [0.25, 0.3) is 16.8 Å². The first-order valence-corrected chi connectivity index (χ1v) is 13.9. The molecule has 4 N–H and O–H groups in total. The number of phenolic OH excluding ortho intramolecular Hbond substituents is 1. The molecule has 210 valence electrons. The van der Waals surface area contributed by atoms with E-state index in [1.807, 2.05) is 30.3 Å². The van der Waals surface area contributed by atoms with E-state index in [1.165, 1.54) is 12.1 Å². The van der Waals surface area contributed by atoms with Gasteiger partial charge < -0.3 is 25.0 Å². The summed E-state index contributed by atoms with van der Waals surface area (Å²) in [4.78, 5) is 28.3. The van der Waals surface area contributed by atoms with E-state index in [-0.39, 0.29) is 41.7 Å². The maximum absolute atomic E-state index is 13.7. The number of rotatable bonds is 7. The van der Waals surface area contributed by atoms with Crippen LogP contribution in [-0.4, -0.2) is 58.5 Å². The van der Waals surface area contributed by atoms with E-state index < -0.39 is 19.0 Å². The van der Waals surface area contributed by atoms with Gasteiger partial charge in [0.05, 0.1) is 36.8 Å². The third kappa shape index (κ3) is 4.79. The first-order chi connectivity index (χ1) is 19.8. The SMILES string of the molecule is C/C(=C\c1ccc(O)c2ccccc12)CC[C@H]1OC[C@H]2C1=C(CO)C[C@H]1C(=O)N(c3cccc(B(O)O)c3)C(=O)[C@H]12. The first kappa shape index (κ1) is 27.4. The molecule has 2 aliphatic heterocycles. The molecule has 2 amide bonds. The van der Waals surface area contributed by atoms with Crippen LogP contribution in [0, 0.1) is 17.8 Å². The Hall–Kier alpha value is -3.76. The Balaban J connectivity index is 1.22. The van der Waals surface area contributed by atoms with Crippen molar-refractivity contribution in [2.75, 3.05) is 18.1 Å². The number of phenols is 1. The van der Waals surface area contributed by atoms with Crippen molar-refractivity contribution in [3.8, 4) is 5.75 Å². The number of carbonyl (C=O) groups is 2. The normalized spacial score (nSPS) is 24.3. The number of hydrogen-bond acceptors (Lipinski definition) is 7. The molecule has 0 aromatic heterocycles. The van der Waals surface area contributed by atoms with Crippen LogP contribution in [-0.2, 0) is 14.3 Å². The zero-order chi connectivity index (χ0) is 28.8. The fourth-order valence-corrected chi connectivity index (χ4v) is 6.83. The van der Waals surface area contributed by atoms with Crippen molar-refractivity contribution < 1.29 is 34.6 Å². The molecule has 6 rings (SSSR count). The second kappa shape index (κ2) is 10.9. The number of aromatic hydroxyl groups is 1. The van der Waals surface area contributed by atoms with E-state index in [1.54, 1.807) is 18.2 Å².